The fourth-order valence-corrected chi connectivity index (χ4v) is 2.63. The molecular weight excluding hydrogens is 264 g/mol. The van der Waals surface area contributed by atoms with E-state index >= 15 is 0 Å². The molecule has 114 valence electrons. The fraction of sp³-hybridized carbons (Fsp3) is 0.529. The lowest BCUT2D eigenvalue weighted by Gasteiger charge is -2.19. The zero-order chi connectivity index (χ0) is 14.9. The predicted molar refractivity (Wildman–Crippen MR) is 82.8 cm³/mol. The van der Waals surface area contributed by atoms with E-state index in [1.165, 1.54) is 5.56 Å². The minimum Gasteiger partial charge on any atom is -0.348 e. The smallest absolute Gasteiger partial charge is 0.311 e. The van der Waals surface area contributed by atoms with Crippen LogP contribution in [0, 0.1) is 0 Å². The standard InChI is InChI=1S/C17H24N2O2/c20-16(17(21)19-13-6-1-2-7-14-19)18-12-8-11-15-9-4-3-5-10-15/h3-5,9-10H,1-2,6-8,11-14H2,(H,18,20). The van der Waals surface area contributed by atoms with Gasteiger partial charge in [0.05, 0.1) is 0 Å². The average Bonchev–Trinajstić information content (AvgIpc) is 2.81. The number of hydrogen-bond acceptors (Lipinski definition) is 2. The van der Waals surface area contributed by atoms with E-state index in [4.69, 9.17) is 0 Å². The zero-order valence-electron chi connectivity index (χ0n) is 12.5. The lowest BCUT2D eigenvalue weighted by Crippen LogP contribution is -2.43. The van der Waals surface area contributed by atoms with Gasteiger partial charge in [-0.25, -0.2) is 0 Å². The predicted octanol–water partition coefficient (Wildman–Crippen LogP) is 2.14. The molecule has 2 amide bonds. The molecular formula is C17H24N2O2. The molecule has 4 heteroatoms. The Morgan fingerprint density at radius 2 is 1.67 bits per heavy atom. The number of hydrogen-bond donors (Lipinski definition) is 1. The van der Waals surface area contributed by atoms with Crippen molar-refractivity contribution in [2.45, 2.75) is 38.5 Å². The van der Waals surface area contributed by atoms with Gasteiger partial charge < -0.3 is 10.2 Å². The molecule has 1 aliphatic heterocycles. The summed E-state index contributed by atoms with van der Waals surface area (Å²) in [6, 6.07) is 10.2. The van der Waals surface area contributed by atoms with Crippen LogP contribution in [0.15, 0.2) is 30.3 Å². The van der Waals surface area contributed by atoms with E-state index in [2.05, 4.69) is 17.4 Å². The highest BCUT2D eigenvalue weighted by Crippen LogP contribution is 2.09. The molecule has 0 unspecified atom stereocenters. The summed E-state index contributed by atoms with van der Waals surface area (Å²) in [6.45, 7) is 1.99. The summed E-state index contributed by atoms with van der Waals surface area (Å²) in [5, 5.41) is 2.74. The van der Waals surface area contributed by atoms with E-state index in [1.807, 2.05) is 18.2 Å². The molecule has 1 saturated heterocycles. The summed E-state index contributed by atoms with van der Waals surface area (Å²) in [6.07, 6.45) is 6.09. The zero-order valence-corrected chi connectivity index (χ0v) is 12.5. The number of nitrogens with zero attached hydrogens (tertiary/aromatic N) is 1. The summed E-state index contributed by atoms with van der Waals surface area (Å²) in [4.78, 5) is 25.6. The van der Waals surface area contributed by atoms with E-state index < -0.39 is 5.91 Å². The minimum absolute atomic E-state index is 0.364. The topological polar surface area (TPSA) is 49.4 Å². The molecule has 1 N–H and O–H groups in total. The first-order valence-corrected chi connectivity index (χ1v) is 7.88. The maximum Gasteiger partial charge on any atom is 0.311 e. The van der Waals surface area contributed by atoms with Gasteiger partial charge in [0.15, 0.2) is 0 Å². The van der Waals surface area contributed by atoms with Gasteiger partial charge in [0.1, 0.15) is 0 Å². The van der Waals surface area contributed by atoms with Gasteiger partial charge in [-0.3, -0.25) is 9.59 Å². The van der Waals surface area contributed by atoms with Crippen molar-refractivity contribution in [1.82, 2.24) is 10.2 Å². The second kappa shape index (κ2) is 8.45. The molecule has 0 aliphatic carbocycles. The SMILES string of the molecule is O=C(NCCCc1ccccc1)C(=O)N1CCCCCC1. The number of nitrogens with one attached hydrogen (secondary N) is 1. The largest absolute Gasteiger partial charge is 0.348 e. The number of rotatable bonds is 4. The van der Waals surface area contributed by atoms with Gasteiger partial charge in [-0.05, 0) is 31.2 Å². The summed E-state index contributed by atoms with van der Waals surface area (Å²) >= 11 is 0. The monoisotopic (exact) mass is 288 g/mol. The second-order valence-electron chi connectivity index (χ2n) is 5.55. The number of carbonyl (C=O) groups is 2. The molecule has 0 spiro atoms. The van der Waals surface area contributed by atoms with Crippen LogP contribution < -0.4 is 5.32 Å². The van der Waals surface area contributed by atoms with Crippen molar-refractivity contribution >= 4 is 11.8 Å². The summed E-state index contributed by atoms with van der Waals surface area (Å²) in [7, 11) is 0. The molecule has 0 bridgehead atoms. The van der Waals surface area contributed by atoms with E-state index in [-0.39, 0.29) is 5.91 Å². The maximum absolute atomic E-state index is 12.0. The molecule has 1 aliphatic rings. The van der Waals surface area contributed by atoms with Crippen LogP contribution in [0.3, 0.4) is 0 Å². The molecule has 0 atom stereocenters. The Hall–Kier alpha value is -1.84. The highest BCUT2D eigenvalue weighted by molar-refractivity contribution is 6.35. The second-order valence-corrected chi connectivity index (χ2v) is 5.55. The van der Waals surface area contributed by atoms with Crippen LogP contribution in [-0.4, -0.2) is 36.3 Å². The number of aryl methyl sites for hydroxylation is 1. The van der Waals surface area contributed by atoms with Crippen molar-refractivity contribution in [3.63, 3.8) is 0 Å². The Morgan fingerprint density at radius 3 is 2.33 bits per heavy atom. The van der Waals surface area contributed by atoms with Gasteiger partial charge in [-0.2, -0.15) is 0 Å². The third-order valence-electron chi connectivity index (χ3n) is 3.86. The van der Waals surface area contributed by atoms with Crippen molar-refractivity contribution in [2.24, 2.45) is 0 Å². The van der Waals surface area contributed by atoms with Crippen molar-refractivity contribution < 1.29 is 9.59 Å². The van der Waals surface area contributed by atoms with Gasteiger partial charge in [0.25, 0.3) is 0 Å². The highest BCUT2D eigenvalue weighted by atomic mass is 16.2. The molecule has 21 heavy (non-hydrogen) atoms. The number of carbonyl (C=O) groups excluding carboxylic acids is 2. The van der Waals surface area contributed by atoms with Gasteiger partial charge in [-0.1, -0.05) is 43.2 Å². The Kier molecular flexibility index (Phi) is 6.25. The van der Waals surface area contributed by atoms with Crippen molar-refractivity contribution in [3.8, 4) is 0 Å². The molecule has 0 aromatic heterocycles. The third-order valence-corrected chi connectivity index (χ3v) is 3.86. The van der Waals surface area contributed by atoms with Crippen molar-refractivity contribution in [1.29, 1.82) is 0 Å². The summed E-state index contributed by atoms with van der Waals surface area (Å²) in [5.41, 5.74) is 1.26. The molecule has 0 radical (unpaired) electrons. The van der Waals surface area contributed by atoms with Gasteiger partial charge >= 0.3 is 11.8 Å². The Morgan fingerprint density at radius 1 is 1.00 bits per heavy atom. The maximum atomic E-state index is 12.0. The van der Waals surface area contributed by atoms with Crippen LogP contribution in [0.2, 0.25) is 0 Å². The molecule has 0 saturated carbocycles. The van der Waals surface area contributed by atoms with Crippen LogP contribution in [0.4, 0.5) is 0 Å². The van der Waals surface area contributed by atoms with E-state index in [9.17, 15) is 9.59 Å². The van der Waals surface area contributed by atoms with Crippen LogP contribution in [0.1, 0.15) is 37.7 Å². The molecule has 1 fully saturated rings. The van der Waals surface area contributed by atoms with Gasteiger partial charge in [-0.15, -0.1) is 0 Å². The quantitative estimate of drug-likeness (QED) is 0.681. The van der Waals surface area contributed by atoms with Crippen molar-refractivity contribution in [2.75, 3.05) is 19.6 Å². The van der Waals surface area contributed by atoms with E-state index in [0.29, 0.717) is 6.54 Å². The lowest BCUT2D eigenvalue weighted by atomic mass is 10.1. The third kappa shape index (κ3) is 5.21. The number of likely N-dealkylation sites (tertiary alicyclic amines) is 1. The highest BCUT2D eigenvalue weighted by Gasteiger charge is 2.21. The normalized spacial score (nSPS) is 15.3. The van der Waals surface area contributed by atoms with Gasteiger partial charge in [0, 0.05) is 19.6 Å². The minimum atomic E-state index is -0.454. The summed E-state index contributed by atoms with van der Waals surface area (Å²) < 4.78 is 0. The van der Waals surface area contributed by atoms with Crippen LogP contribution >= 0.6 is 0 Å². The van der Waals surface area contributed by atoms with Crippen molar-refractivity contribution in [3.05, 3.63) is 35.9 Å². The van der Waals surface area contributed by atoms with Crippen LogP contribution in [-0.2, 0) is 16.0 Å². The molecule has 4 nitrogen and oxygen atoms in total. The van der Waals surface area contributed by atoms with Crippen LogP contribution in [0.5, 0.6) is 0 Å². The number of benzene rings is 1. The first-order valence-electron chi connectivity index (χ1n) is 7.88. The molecule has 1 aromatic rings. The van der Waals surface area contributed by atoms with E-state index in [1.54, 1.807) is 4.90 Å². The Balaban J connectivity index is 1.67. The average molecular weight is 288 g/mol. The first-order chi connectivity index (χ1) is 10.3. The molecule has 1 aromatic carbocycles. The van der Waals surface area contributed by atoms with Gasteiger partial charge in [0.2, 0.25) is 0 Å². The molecule has 1 heterocycles. The summed E-state index contributed by atoms with van der Waals surface area (Å²) in [5.74, 6) is -0.818. The van der Waals surface area contributed by atoms with E-state index in [0.717, 1.165) is 51.6 Å². The number of amides is 2. The molecule has 2 rings (SSSR count). The fourth-order valence-electron chi connectivity index (χ4n) is 2.63. The Labute approximate surface area is 126 Å². The van der Waals surface area contributed by atoms with Crippen LogP contribution in [0.25, 0.3) is 0 Å². The lowest BCUT2D eigenvalue weighted by molar-refractivity contribution is -0.145. The first kappa shape index (κ1) is 15.5. The Bertz CT molecular complexity index is 451.